The van der Waals surface area contributed by atoms with E-state index in [4.69, 9.17) is 9.47 Å². The molecule has 3 N–H and O–H groups in total. The molecular weight excluding hydrogens is 783 g/mol. The molecule has 0 bridgehead atoms. The average molecular weight is 840 g/mol. The molecule has 0 spiro atoms. The number of fused-ring (bicyclic) bond motifs is 6. The van der Waals surface area contributed by atoms with Crippen LogP contribution < -0.4 is 10.6 Å². The van der Waals surface area contributed by atoms with Crippen LogP contribution in [0.5, 0.6) is 0 Å². The molecule has 61 heavy (non-hydrogen) atoms. The molecule has 3 amide bonds. The number of ether oxygens (including phenoxy) is 2. The summed E-state index contributed by atoms with van der Waals surface area (Å²) in [5.74, 6) is -0.191. The van der Waals surface area contributed by atoms with Gasteiger partial charge in [-0.2, -0.15) is 0 Å². The number of anilines is 2. The quantitative estimate of drug-likeness (QED) is 0.0895. The van der Waals surface area contributed by atoms with Crippen LogP contribution in [0, 0.1) is 66.6 Å². The molecule has 3 aromatic rings. The Labute approximate surface area is 355 Å². The number of carbonyl (C=O) groups excluding carboxylic acids is 3. The van der Waals surface area contributed by atoms with Crippen LogP contribution in [0.3, 0.4) is 0 Å². The normalized spacial score (nSPS) is 30.7. The number of hydrogen-bond donors (Lipinski definition) is 3. The van der Waals surface area contributed by atoms with Gasteiger partial charge < -0.3 is 19.5 Å². The van der Waals surface area contributed by atoms with Gasteiger partial charge in [-0.15, -0.1) is 6.58 Å². The molecule has 0 saturated heterocycles. The molecule has 4 aliphatic rings. The number of benzene rings is 3. The minimum atomic E-state index is -0.892. The van der Waals surface area contributed by atoms with E-state index in [9.17, 15) is 39.7 Å². The highest BCUT2D eigenvalue weighted by Crippen LogP contribution is 2.69. The van der Waals surface area contributed by atoms with E-state index in [0.29, 0.717) is 50.8 Å². The molecule has 0 radical (unpaired) electrons. The Morgan fingerprint density at radius 1 is 0.902 bits per heavy atom. The Bertz CT molecular complexity index is 2170. The van der Waals surface area contributed by atoms with Gasteiger partial charge in [0, 0.05) is 49.2 Å². The monoisotopic (exact) mass is 839 g/mol. The second kappa shape index (κ2) is 17.4. The summed E-state index contributed by atoms with van der Waals surface area (Å²) < 4.78 is 13.0. The van der Waals surface area contributed by atoms with Gasteiger partial charge in [-0.1, -0.05) is 57.2 Å². The third kappa shape index (κ3) is 8.66. The van der Waals surface area contributed by atoms with Crippen LogP contribution in [0.4, 0.5) is 32.3 Å². The summed E-state index contributed by atoms with van der Waals surface area (Å²) in [5, 5.41) is 41.8. The van der Waals surface area contributed by atoms with E-state index in [1.807, 2.05) is 42.5 Å². The van der Waals surface area contributed by atoms with Crippen LogP contribution in [-0.2, 0) is 14.3 Å². The molecule has 1 unspecified atom stereocenters. The number of likely N-dealkylation sites (N-methyl/N-ethyl adjacent to an activating group) is 1. The van der Waals surface area contributed by atoms with Crippen LogP contribution in [0.2, 0.25) is 0 Å². The zero-order valence-corrected chi connectivity index (χ0v) is 35.3. The molecule has 4 saturated carbocycles. The van der Waals surface area contributed by atoms with Crippen LogP contribution in [-0.4, -0.2) is 69.9 Å². The van der Waals surface area contributed by atoms with Crippen molar-refractivity contribution in [3.63, 3.8) is 0 Å². The lowest BCUT2D eigenvalue weighted by molar-refractivity contribution is -0.394. The highest BCUT2D eigenvalue weighted by molar-refractivity contribution is 5.91. The summed E-state index contributed by atoms with van der Waals surface area (Å²) in [5.41, 5.74) is -1.56. The van der Waals surface area contributed by atoms with Crippen molar-refractivity contribution in [3.8, 4) is 0 Å². The van der Waals surface area contributed by atoms with Crippen molar-refractivity contribution in [1.82, 2.24) is 4.90 Å². The van der Waals surface area contributed by atoms with Crippen molar-refractivity contribution in [2.45, 2.75) is 96.9 Å². The first-order valence-corrected chi connectivity index (χ1v) is 21.4. The van der Waals surface area contributed by atoms with Crippen molar-refractivity contribution in [2.24, 2.45) is 46.3 Å². The first-order valence-electron chi connectivity index (χ1n) is 21.4. The maximum Gasteiger partial charge on any atom is 0.411 e. The number of nitrogens with one attached hydrogen (secondary N) is 2. The van der Waals surface area contributed by atoms with Gasteiger partial charge in [-0.25, -0.2) is 9.59 Å². The fraction of sp³-hybridized carbons (Fsp3) is 0.543. The first kappa shape index (κ1) is 43.5. The number of rotatable bonds is 12. The van der Waals surface area contributed by atoms with Gasteiger partial charge in [0.05, 0.1) is 27.7 Å². The molecule has 11 atom stereocenters. The molecule has 4 fully saturated rings. The number of aliphatic hydroxyl groups excluding tert-OH is 1. The molecule has 0 heterocycles. The Morgan fingerprint density at radius 3 is 2.26 bits per heavy atom. The van der Waals surface area contributed by atoms with Crippen LogP contribution >= 0.6 is 0 Å². The van der Waals surface area contributed by atoms with Gasteiger partial charge in [0.1, 0.15) is 12.2 Å². The predicted octanol–water partition coefficient (Wildman–Crippen LogP) is 9.49. The fourth-order valence-corrected chi connectivity index (χ4v) is 12.1. The Balaban J connectivity index is 1.22. The SMILES string of the molecule is C=CCN(C)C(=O)CC[C@@H](C)[C@H]1CC[C@H]2[C@@H]3[C@H](OC(=O)Nc4ccc5ccccc5c4)CC4C[C@H](O)CC[C@]4(C)[C@H]3C[C@H](OC(=O)Nc3cc([N+](=O)[O-])cc([N+](=O)[O-])c3)[C@]12C. The second-order valence-electron chi connectivity index (χ2n) is 18.4. The smallest absolute Gasteiger partial charge is 0.411 e. The topological polar surface area (TPSA) is 203 Å². The molecule has 7 rings (SSSR count). The molecule has 0 aliphatic heterocycles. The summed E-state index contributed by atoms with van der Waals surface area (Å²) >= 11 is 0. The van der Waals surface area contributed by atoms with Gasteiger partial charge in [0.2, 0.25) is 5.91 Å². The Hall–Kier alpha value is -5.57. The molecule has 15 nitrogen and oxygen atoms in total. The zero-order valence-electron chi connectivity index (χ0n) is 35.3. The van der Waals surface area contributed by atoms with Gasteiger partial charge in [0.25, 0.3) is 11.4 Å². The molecule has 3 aromatic carbocycles. The van der Waals surface area contributed by atoms with E-state index < -0.39 is 57.1 Å². The minimum Gasteiger partial charge on any atom is -0.446 e. The summed E-state index contributed by atoms with van der Waals surface area (Å²) in [4.78, 5) is 64.4. The summed E-state index contributed by atoms with van der Waals surface area (Å²) in [6, 6.07) is 16.5. The fourth-order valence-electron chi connectivity index (χ4n) is 12.1. The summed E-state index contributed by atoms with van der Waals surface area (Å²) in [6.45, 7) is 10.7. The van der Waals surface area contributed by atoms with E-state index in [-0.39, 0.29) is 52.5 Å². The highest BCUT2D eigenvalue weighted by Gasteiger charge is 2.67. The van der Waals surface area contributed by atoms with E-state index in [1.165, 1.54) is 0 Å². The van der Waals surface area contributed by atoms with Crippen molar-refractivity contribution < 1.29 is 38.8 Å². The minimum absolute atomic E-state index is 0.00144. The molecule has 326 valence electrons. The lowest BCUT2D eigenvalue weighted by Crippen LogP contribution is -2.63. The number of carbonyl (C=O) groups is 3. The van der Waals surface area contributed by atoms with Gasteiger partial charge in [-0.05, 0) is 109 Å². The summed E-state index contributed by atoms with van der Waals surface area (Å²) in [6.07, 6.45) is 3.99. The number of amides is 3. The third-order valence-corrected chi connectivity index (χ3v) is 15.2. The largest absolute Gasteiger partial charge is 0.446 e. The zero-order chi connectivity index (χ0) is 43.8. The number of nitrogens with zero attached hydrogens (tertiary/aromatic N) is 3. The maximum absolute atomic E-state index is 14.0. The van der Waals surface area contributed by atoms with Crippen molar-refractivity contribution in [2.75, 3.05) is 24.2 Å². The maximum atomic E-state index is 14.0. The van der Waals surface area contributed by atoms with Gasteiger partial charge >= 0.3 is 12.2 Å². The second-order valence-corrected chi connectivity index (χ2v) is 18.4. The first-order chi connectivity index (χ1) is 29.0. The average Bonchev–Trinajstić information content (AvgIpc) is 3.58. The number of nitro benzene ring substituents is 2. The van der Waals surface area contributed by atoms with Gasteiger partial charge in [0.15, 0.2) is 0 Å². The van der Waals surface area contributed by atoms with Crippen molar-refractivity contribution >= 4 is 51.6 Å². The summed E-state index contributed by atoms with van der Waals surface area (Å²) in [7, 11) is 1.75. The Kier molecular flexibility index (Phi) is 12.4. The van der Waals surface area contributed by atoms with Crippen molar-refractivity contribution in [1.29, 1.82) is 0 Å². The molecular formula is C46H57N5O10. The van der Waals surface area contributed by atoms with Gasteiger partial charge in [-0.3, -0.25) is 35.7 Å². The molecule has 4 aliphatic carbocycles. The lowest BCUT2D eigenvalue weighted by Gasteiger charge is -2.64. The van der Waals surface area contributed by atoms with E-state index in [1.54, 1.807) is 18.0 Å². The number of hydrogen-bond acceptors (Lipinski definition) is 10. The van der Waals surface area contributed by atoms with E-state index in [0.717, 1.165) is 48.2 Å². The number of aliphatic hydroxyl groups is 1. The highest BCUT2D eigenvalue weighted by atomic mass is 16.6. The van der Waals surface area contributed by atoms with Crippen LogP contribution in [0.15, 0.2) is 73.3 Å². The third-order valence-electron chi connectivity index (χ3n) is 15.2. The lowest BCUT2D eigenvalue weighted by atomic mass is 9.43. The van der Waals surface area contributed by atoms with E-state index >= 15 is 0 Å². The van der Waals surface area contributed by atoms with E-state index in [2.05, 4.69) is 38.0 Å². The predicted molar refractivity (Wildman–Crippen MR) is 230 cm³/mol. The number of nitro groups is 2. The van der Waals surface area contributed by atoms with Crippen LogP contribution in [0.1, 0.15) is 78.6 Å². The van der Waals surface area contributed by atoms with Crippen LogP contribution in [0.25, 0.3) is 10.8 Å². The van der Waals surface area contributed by atoms with Crippen molar-refractivity contribution in [3.05, 3.63) is 93.5 Å². The number of non-ortho nitro benzene ring substituents is 2. The Morgan fingerprint density at radius 2 is 1.57 bits per heavy atom. The standard InChI is InChI=1S/C46H57N5O10/c1-6-19-49(5)41(53)16-11-27(2)36-14-15-37-42-38(26-40(46(36,37)4)61-44(55)48-32-23-33(50(56)57)25-34(24-32)51(58)59)45(3)18-17-35(52)21-30(45)22-39(42)60-43(54)47-31-13-12-28-9-7-8-10-29(28)20-31/h6-10,12-13,20,23-25,27,30,35-40,42,52H,1,11,14-19,21-22,26H2,2-5H3,(H,47,54)(H,48,55)/t27-,30?,35-,36-,37+,38+,39-,40+,42+,45+,46-/m1/s1. The molecule has 0 aromatic heterocycles. The molecule has 15 heteroatoms.